The van der Waals surface area contributed by atoms with Crippen LogP contribution in [0.15, 0.2) is 67.0 Å². The Balaban J connectivity index is 1.19. The molecule has 0 saturated heterocycles. The van der Waals surface area contributed by atoms with Crippen LogP contribution in [-0.2, 0) is 6.42 Å². The van der Waals surface area contributed by atoms with Gasteiger partial charge in [0.05, 0.1) is 18.8 Å². The highest BCUT2D eigenvalue weighted by Gasteiger charge is 2.42. The number of aliphatic hydroxyl groups excluding tert-OH is 2. The quantitative estimate of drug-likeness (QED) is 0.171. The summed E-state index contributed by atoms with van der Waals surface area (Å²) in [6.07, 6.45) is 14.6. The summed E-state index contributed by atoms with van der Waals surface area (Å²) in [7, 11) is 0. The van der Waals surface area contributed by atoms with E-state index in [4.69, 9.17) is 10.5 Å². The fraction of sp³-hybridized carbons (Fsp3) is 0.500. The lowest BCUT2D eigenvalue weighted by atomic mass is 9.76. The number of phenolic OH excluding ortho intramolecular Hbond substituents is 1. The molecule has 3 aliphatic carbocycles. The number of pyridine rings is 1. The SMILES string of the molecule is CCC12C#CC3C=CC(c4ccc(O)c(OCCC(Cc5ccc[n-]5)c5ccnc(N)c5)c4)CC(O)C3C(O)C(CCC1)CC2. The van der Waals surface area contributed by atoms with E-state index in [1.165, 1.54) is 0 Å². The molecule has 2 aromatic heterocycles. The first-order valence-corrected chi connectivity index (χ1v) is 16.6. The van der Waals surface area contributed by atoms with Gasteiger partial charge in [0.2, 0.25) is 0 Å². The second-order valence-corrected chi connectivity index (χ2v) is 13.4. The van der Waals surface area contributed by atoms with Crippen LogP contribution in [0.2, 0.25) is 0 Å². The van der Waals surface area contributed by atoms with Gasteiger partial charge in [-0.05, 0) is 98.6 Å². The average molecular weight is 609 g/mol. The van der Waals surface area contributed by atoms with E-state index in [0.717, 1.165) is 61.8 Å². The van der Waals surface area contributed by atoms with Crippen LogP contribution in [0, 0.1) is 35.0 Å². The third-order valence-corrected chi connectivity index (χ3v) is 10.7. The molecule has 6 rings (SSSR count). The molecule has 3 aliphatic rings. The fourth-order valence-corrected chi connectivity index (χ4v) is 7.84. The van der Waals surface area contributed by atoms with Gasteiger partial charge < -0.3 is 30.8 Å². The summed E-state index contributed by atoms with van der Waals surface area (Å²) < 4.78 is 6.19. The van der Waals surface area contributed by atoms with Gasteiger partial charge in [0.25, 0.3) is 0 Å². The third-order valence-electron chi connectivity index (χ3n) is 10.7. The summed E-state index contributed by atoms with van der Waals surface area (Å²) in [5.74, 6) is 7.86. The number of nitrogens with zero attached hydrogens (tertiary/aromatic N) is 2. The molecule has 2 bridgehead atoms. The Hall–Kier alpha value is -3.73. The highest BCUT2D eigenvalue weighted by atomic mass is 16.5. The number of hydrogen-bond acceptors (Lipinski definition) is 6. The molecule has 238 valence electrons. The molecule has 2 heterocycles. The number of hydrogen-bond donors (Lipinski definition) is 4. The Labute approximate surface area is 266 Å². The smallest absolute Gasteiger partial charge is 0.161 e. The zero-order valence-electron chi connectivity index (χ0n) is 26.2. The Bertz CT molecular complexity index is 1530. The van der Waals surface area contributed by atoms with Crippen molar-refractivity contribution in [3.05, 3.63) is 83.8 Å². The summed E-state index contributed by atoms with van der Waals surface area (Å²) in [6, 6.07) is 13.3. The normalized spacial score (nSPS) is 30.0. The Kier molecular flexibility index (Phi) is 9.53. The van der Waals surface area contributed by atoms with Gasteiger partial charge in [0, 0.05) is 29.4 Å². The Morgan fingerprint density at radius 2 is 2.02 bits per heavy atom. The highest BCUT2D eigenvalue weighted by Crippen LogP contribution is 2.45. The largest absolute Gasteiger partial charge is 0.668 e. The first kappa shape index (κ1) is 31.3. The van der Waals surface area contributed by atoms with Gasteiger partial charge in [-0.1, -0.05) is 55.5 Å². The molecule has 0 amide bonds. The summed E-state index contributed by atoms with van der Waals surface area (Å²) in [4.78, 5) is 8.59. The van der Waals surface area contributed by atoms with E-state index >= 15 is 0 Å². The number of ether oxygens (including phenoxy) is 1. The van der Waals surface area contributed by atoms with Crippen LogP contribution in [0.4, 0.5) is 5.82 Å². The van der Waals surface area contributed by atoms with E-state index in [-0.39, 0.29) is 40.8 Å². The molecule has 8 unspecified atom stereocenters. The predicted molar refractivity (Wildman–Crippen MR) is 176 cm³/mol. The molecule has 3 aromatic rings. The lowest BCUT2D eigenvalue weighted by molar-refractivity contribution is -0.0344. The maximum Gasteiger partial charge on any atom is 0.161 e. The highest BCUT2D eigenvalue weighted by molar-refractivity contribution is 5.44. The molecular weight excluding hydrogens is 562 g/mol. The van der Waals surface area contributed by atoms with Crippen molar-refractivity contribution in [1.82, 2.24) is 9.97 Å². The molecule has 1 aromatic carbocycles. The van der Waals surface area contributed by atoms with Crippen molar-refractivity contribution in [3.8, 4) is 23.3 Å². The molecule has 7 nitrogen and oxygen atoms in total. The number of anilines is 1. The zero-order valence-corrected chi connectivity index (χ0v) is 26.2. The van der Waals surface area contributed by atoms with Crippen LogP contribution in [0.3, 0.4) is 0 Å². The lowest BCUT2D eigenvalue weighted by Crippen LogP contribution is -2.40. The van der Waals surface area contributed by atoms with Crippen LogP contribution in [0.1, 0.15) is 86.9 Å². The van der Waals surface area contributed by atoms with E-state index in [1.54, 1.807) is 18.5 Å². The lowest BCUT2D eigenvalue weighted by Gasteiger charge is -2.34. The Morgan fingerprint density at radius 1 is 1.13 bits per heavy atom. The molecule has 1 saturated carbocycles. The molecule has 0 radical (unpaired) electrons. The monoisotopic (exact) mass is 608 g/mol. The molecule has 5 N–H and O–H groups in total. The molecule has 45 heavy (non-hydrogen) atoms. The summed E-state index contributed by atoms with van der Waals surface area (Å²) in [5.41, 5.74) is 9.03. The molecule has 0 spiro atoms. The van der Waals surface area contributed by atoms with Gasteiger partial charge in [0.15, 0.2) is 11.5 Å². The number of aromatic hydroxyl groups is 1. The summed E-state index contributed by atoms with van der Waals surface area (Å²) >= 11 is 0. The second kappa shape index (κ2) is 13.7. The maximum atomic E-state index is 11.6. The molecule has 1 fully saturated rings. The van der Waals surface area contributed by atoms with Crippen molar-refractivity contribution in [3.63, 3.8) is 0 Å². The van der Waals surface area contributed by atoms with Gasteiger partial charge in [-0.2, -0.15) is 11.9 Å². The number of benzene rings is 1. The zero-order chi connectivity index (χ0) is 31.4. The number of allylic oxidation sites excluding steroid dienone is 2. The average Bonchev–Trinajstić information content (AvgIpc) is 3.40. The van der Waals surface area contributed by atoms with Gasteiger partial charge in [0.1, 0.15) is 5.82 Å². The summed E-state index contributed by atoms with van der Waals surface area (Å²) in [6.45, 7) is 2.62. The van der Waals surface area contributed by atoms with Crippen molar-refractivity contribution in [1.29, 1.82) is 0 Å². The van der Waals surface area contributed by atoms with Crippen LogP contribution in [0.25, 0.3) is 0 Å². The molecular formula is C38H46N3O4-. The second-order valence-electron chi connectivity index (χ2n) is 13.4. The third kappa shape index (κ3) is 7.08. The van der Waals surface area contributed by atoms with E-state index < -0.39 is 12.2 Å². The van der Waals surface area contributed by atoms with Gasteiger partial charge in [-0.3, -0.25) is 0 Å². The maximum absolute atomic E-state index is 11.6. The van der Waals surface area contributed by atoms with Gasteiger partial charge >= 0.3 is 0 Å². The molecule has 8 atom stereocenters. The number of rotatable bonds is 9. The van der Waals surface area contributed by atoms with Crippen molar-refractivity contribution in [2.75, 3.05) is 12.3 Å². The number of phenols is 1. The van der Waals surface area contributed by atoms with E-state index in [2.05, 4.69) is 40.9 Å². The van der Waals surface area contributed by atoms with Crippen LogP contribution in [-0.4, -0.2) is 39.1 Å². The predicted octanol–water partition coefficient (Wildman–Crippen LogP) is 6.11. The van der Waals surface area contributed by atoms with Crippen LogP contribution < -0.4 is 15.5 Å². The number of nitrogen functional groups attached to an aromatic ring is 1. The minimum atomic E-state index is -0.702. The van der Waals surface area contributed by atoms with Gasteiger partial charge in [-0.25, -0.2) is 4.98 Å². The van der Waals surface area contributed by atoms with Crippen LogP contribution >= 0.6 is 0 Å². The van der Waals surface area contributed by atoms with E-state index in [9.17, 15) is 15.3 Å². The summed E-state index contributed by atoms with van der Waals surface area (Å²) in [5, 5.41) is 33.9. The van der Waals surface area contributed by atoms with E-state index in [0.29, 0.717) is 31.0 Å². The number of aromatic nitrogens is 2. The molecule has 7 heteroatoms. The first-order chi connectivity index (χ1) is 21.8. The van der Waals surface area contributed by atoms with E-state index in [1.807, 2.05) is 36.4 Å². The minimum Gasteiger partial charge on any atom is -0.668 e. The number of nitrogens with two attached hydrogens (primary N) is 1. The van der Waals surface area contributed by atoms with Crippen LogP contribution in [0.5, 0.6) is 11.5 Å². The standard InChI is InChI=1S/C38H46N3O4/c1-2-38-15-3-5-26(12-17-38)37(44)36-25(11-16-38)7-8-27(22-33(36)43)28-9-10-32(42)34(23-28)45-20-14-30(21-31-6-4-18-40-31)29-13-19-41-35(39)24-29/h4,6-10,13,18-19,23-27,30,33,36-37,42-44H,2-3,5,12,14-15,17,20-22H2,1H3,(H2,39,41)/q-1. The van der Waals surface area contributed by atoms with Gasteiger partial charge in [-0.15, -0.1) is 0 Å². The molecule has 0 aliphatic heterocycles. The number of fused-ring (bicyclic) bond motifs is 4. The fourth-order valence-electron chi connectivity index (χ4n) is 7.84. The topological polar surface area (TPSA) is 123 Å². The van der Waals surface area contributed by atoms with Crippen molar-refractivity contribution in [2.24, 2.45) is 23.2 Å². The number of aliphatic hydroxyl groups is 2. The van der Waals surface area contributed by atoms with Crippen molar-refractivity contribution >= 4 is 5.82 Å². The Morgan fingerprint density at radius 3 is 2.82 bits per heavy atom. The van der Waals surface area contributed by atoms with Crippen molar-refractivity contribution in [2.45, 2.75) is 88.8 Å². The van der Waals surface area contributed by atoms with Crippen molar-refractivity contribution < 1.29 is 20.1 Å². The minimum absolute atomic E-state index is 0.0137. The first-order valence-electron chi connectivity index (χ1n) is 16.6.